The molecule has 0 aromatic rings. The van der Waals surface area contributed by atoms with Crippen molar-refractivity contribution in [2.75, 3.05) is 0 Å². The van der Waals surface area contributed by atoms with E-state index in [2.05, 4.69) is 38.7 Å². The summed E-state index contributed by atoms with van der Waals surface area (Å²) in [6, 6.07) is 0. The monoisotopic (exact) mass is 148 g/mol. The third-order valence-electron chi connectivity index (χ3n) is 1.46. The molecule has 0 saturated carbocycles. The zero-order valence-electron chi connectivity index (χ0n) is 7.86. The third kappa shape index (κ3) is 4.44. The molecule has 0 N–H and O–H groups in total. The molecule has 0 aliphatic rings. The summed E-state index contributed by atoms with van der Waals surface area (Å²) in [6.07, 6.45) is 5.05. The van der Waals surface area contributed by atoms with Gasteiger partial charge < -0.3 is 0 Å². The van der Waals surface area contributed by atoms with Gasteiger partial charge in [0.25, 0.3) is 0 Å². The first-order chi connectivity index (χ1) is 5.22. The smallest absolute Gasteiger partial charge is 0.00639 e. The van der Waals surface area contributed by atoms with Crippen molar-refractivity contribution in [3.63, 3.8) is 0 Å². The van der Waals surface area contributed by atoms with Gasteiger partial charge in [-0.3, -0.25) is 0 Å². The molecule has 0 rings (SSSR count). The Balaban J connectivity index is 4.39. The van der Waals surface area contributed by atoms with Crippen molar-refractivity contribution in [2.45, 2.75) is 34.1 Å². The first kappa shape index (κ1) is 10.0. The SMILES string of the molecule is C/C=C\C(C)=C(\C)C#CCC. The molecular formula is C11H16. The Hall–Kier alpha value is -0.960. The largest absolute Gasteiger partial charge is 0.0985 e. The summed E-state index contributed by atoms with van der Waals surface area (Å²) in [5, 5.41) is 0. The van der Waals surface area contributed by atoms with E-state index in [1.54, 1.807) is 0 Å². The molecule has 0 unspecified atom stereocenters. The lowest BCUT2D eigenvalue weighted by Gasteiger charge is -1.92. The third-order valence-corrected chi connectivity index (χ3v) is 1.46. The van der Waals surface area contributed by atoms with Crippen molar-refractivity contribution in [3.05, 3.63) is 23.3 Å². The fourth-order valence-corrected chi connectivity index (χ4v) is 0.695. The van der Waals surface area contributed by atoms with Crippen LogP contribution in [0, 0.1) is 11.8 Å². The maximum Gasteiger partial charge on any atom is 0.00639 e. The van der Waals surface area contributed by atoms with Crippen molar-refractivity contribution in [3.8, 4) is 11.8 Å². The summed E-state index contributed by atoms with van der Waals surface area (Å²) in [6.45, 7) is 8.22. The molecule has 0 aliphatic heterocycles. The van der Waals surface area contributed by atoms with Gasteiger partial charge in [0.05, 0.1) is 0 Å². The molecule has 0 bridgehead atoms. The highest BCUT2D eigenvalue weighted by atomic mass is 13.9. The summed E-state index contributed by atoms with van der Waals surface area (Å²) in [5.41, 5.74) is 2.43. The average Bonchev–Trinajstić information content (AvgIpc) is 2.00. The van der Waals surface area contributed by atoms with Crippen LogP contribution < -0.4 is 0 Å². The van der Waals surface area contributed by atoms with Crippen LogP contribution in [0.1, 0.15) is 34.1 Å². The van der Waals surface area contributed by atoms with Gasteiger partial charge in [-0.2, -0.15) is 0 Å². The van der Waals surface area contributed by atoms with Crippen molar-refractivity contribution in [1.29, 1.82) is 0 Å². The van der Waals surface area contributed by atoms with Crippen LogP contribution in [0.25, 0.3) is 0 Å². The summed E-state index contributed by atoms with van der Waals surface area (Å²) in [7, 11) is 0. The summed E-state index contributed by atoms with van der Waals surface area (Å²) < 4.78 is 0. The fourth-order valence-electron chi connectivity index (χ4n) is 0.695. The lowest BCUT2D eigenvalue weighted by Crippen LogP contribution is -1.75. The van der Waals surface area contributed by atoms with Crippen LogP contribution >= 0.6 is 0 Å². The van der Waals surface area contributed by atoms with Gasteiger partial charge in [-0.1, -0.05) is 30.9 Å². The molecule has 0 radical (unpaired) electrons. The van der Waals surface area contributed by atoms with E-state index in [9.17, 15) is 0 Å². The number of hydrogen-bond acceptors (Lipinski definition) is 0. The minimum atomic E-state index is 0.931. The molecule has 0 aliphatic carbocycles. The van der Waals surface area contributed by atoms with E-state index >= 15 is 0 Å². The molecule has 0 heteroatoms. The minimum absolute atomic E-state index is 0.931. The fraction of sp³-hybridized carbons (Fsp3) is 0.455. The zero-order chi connectivity index (χ0) is 8.69. The molecule has 60 valence electrons. The van der Waals surface area contributed by atoms with Crippen LogP contribution in [-0.2, 0) is 0 Å². The van der Waals surface area contributed by atoms with E-state index < -0.39 is 0 Å². The van der Waals surface area contributed by atoms with Crippen LogP contribution in [0.4, 0.5) is 0 Å². The van der Waals surface area contributed by atoms with Gasteiger partial charge >= 0.3 is 0 Å². The Bertz CT molecular complexity index is 218. The van der Waals surface area contributed by atoms with Gasteiger partial charge in [0, 0.05) is 12.0 Å². The minimum Gasteiger partial charge on any atom is -0.0985 e. The topological polar surface area (TPSA) is 0 Å². The lowest BCUT2D eigenvalue weighted by molar-refractivity contribution is 1.27. The maximum absolute atomic E-state index is 3.10. The predicted molar refractivity (Wildman–Crippen MR) is 51.3 cm³/mol. The maximum atomic E-state index is 3.10. The second kappa shape index (κ2) is 5.80. The van der Waals surface area contributed by atoms with Crippen LogP contribution in [0.2, 0.25) is 0 Å². The Morgan fingerprint density at radius 2 is 2.00 bits per heavy atom. The van der Waals surface area contributed by atoms with E-state index in [-0.39, 0.29) is 0 Å². The second-order valence-electron chi connectivity index (χ2n) is 2.46. The van der Waals surface area contributed by atoms with Crippen molar-refractivity contribution >= 4 is 0 Å². The van der Waals surface area contributed by atoms with Crippen LogP contribution in [-0.4, -0.2) is 0 Å². The summed E-state index contributed by atoms with van der Waals surface area (Å²) in [4.78, 5) is 0. The van der Waals surface area contributed by atoms with Gasteiger partial charge in [-0.25, -0.2) is 0 Å². The molecule has 0 saturated heterocycles. The molecule has 0 aromatic carbocycles. The van der Waals surface area contributed by atoms with Crippen molar-refractivity contribution < 1.29 is 0 Å². The molecule has 11 heavy (non-hydrogen) atoms. The van der Waals surface area contributed by atoms with Crippen LogP contribution in [0.5, 0.6) is 0 Å². The van der Waals surface area contributed by atoms with Crippen LogP contribution in [0.15, 0.2) is 23.3 Å². The molecule has 0 heterocycles. The normalized spacial score (nSPS) is 12.4. The quantitative estimate of drug-likeness (QED) is 0.395. The Kier molecular flexibility index (Phi) is 5.29. The summed E-state index contributed by atoms with van der Waals surface area (Å²) >= 11 is 0. The second-order valence-corrected chi connectivity index (χ2v) is 2.46. The molecule has 0 fully saturated rings. The standard InChI is InChI=1S/C11H16/c1-5-7-9-11(4)10(3)8-6-2/h6,8H,5H2,1-4H3/b8-6-,11-10-. The van der Waals surface area contributed by atoms with E-state index in [0.29, 0.717) is 0 Å². The van der Waals surface area contributed by atoms with Crippen molar-refractivity contribution in [1.82, 2.24) is 0 Å². The van der Waals surface area contributed by atoms with Gasteiger partial charge in [-0.15, -0.1) is 0 Å². The van der Waals surface area contributed by atoms with E-state index in [0.717, 1.165) is 6.42 Å². The molecule has 0 nitrogen and oxygen atoms in total. The molecule has 0 atom stereocenters. The van der Waals surface area contributed by atoms with Crippen molar-refractivity contribution in [2.24, 2.45) is 0 Å². The summed E-state index contributed by atoms with van der Waals surface area (Å²) in [5.74, 6) is 6.14. The first-order valence-corrected chi connectivity index (χ1v) is 4.01. The van der Waals surface area contributed by atoms with E-state index in [1.165, 1.54) is 11.1 Å². The molecule has 0 aromatic heterocycles. The number of rotatable bonds is 1. The van der Waals surface area contributed by atoms with Gasteiger partial charge in [-0.05, 0) is 26.3 Å². The molecule has 0 amide bonds. The Morgan fingerprint density at radius 1 is 1.36 bits per heavy atom. The lowest BCUT2D eigenvalue weighted by atomic mass is 10.1. The number of hydrogen-bond donors (Lipinski definition) is 0. The van der Waals surface area contributed by atoms with E-state index in [4.69, 9.17) is 0 Å². The van der Waals surface area contributed by atoms with E-state index in [1.807, 2.05) is 13.0 Å². The first-order valence-electron chi connectivity index (χ1n) is 4.01. The highest BCUT2D eigenvalue weighted by Gasteiger charge is 1.85. The highest BCUT2D eigenvalue weighted by molar-refractivity contribution is 5.35. The predicted octanol–water partition coefficient (Wildman–Crippen LogP) is 3.31. The Labute approximate surface area is 70.0 Å². The van der Waals surface area contributed by atoms with Crippen LogP contribution in [0.3, 0.4) is 0 Å². The highest BCUT2D eigenvalue weighted by Crippen LogP contribution is 2.02. The van der Waals surface area contributed by atoms with Gasteiger partial charge in [0.2, 0.25) is 0 Å². The molecular weight excluding hydrogens is 132 g/mol. The Morgan fingerprint density at radius 3 is 2.45 bits per heavy atom. The zero-order valence-corrected chi connectivity index (χ0v) is 7.86. The van der Waals surface area contributed by atoms with Gasteiger partial charge in [0.15, 0.2) is 0 Å². The van der Waals surface area contributed by atoms with Gasteiger partial charge in [0.1, 0.15) is 0 Å². The average molecular weight is 148 g/mol. The molecule has 0 spiro atoms. The number of allylic oxidation sites excluding steroid dienone is 4.